The standard InChI is InChI=1S/C12H15NO/c1-9(2)12(14)8-7-11-6-4-5-10(3)13-11/h4-6,9,12,14H,1-3H3. The summed E-state index contributed by atoms with van der Waals surface area (Å²) in [6, 6.07) is 5.67. The van der Waals surface area contributed by atoms with Crippen molar-refractivity contribution < 1.29 is 5.11 Å². The number of aliphatic hydroxyl groups excluding tert-OH is 1. The molecule has 0 saturated heterocycles. The third-order valence-corrected chi connectivity index (χ3v) is 1.87. The SMILES string of the molecule is Cc1cccc(C#CC(O)C(C)C)n1. The van der Waals surface area contributed by atoms with Gasteiger partial charge in [0.25, 0.3) is 0 Å². The van der Waals surface area contributed by atoms with Crippen LogP contribution in [0.15, 0.2) is 18.2 Å². The highest BCUT2D eigenvalue weighted by molar-refractivity contribution is 5.29. The van der Waals surface area contributed by atoms with Crippen molar-refractivity contribution in [1.29, 1.82) is 0 Å². The van der Waals surface area contributed by atoms with E-state index in [1.54, 1.807) is 0 Å². The largest absolute Gasteiger partial charge is 0.380 e. The van der Waals surface area contributed by atoms with Crippen molar-refractivity contribution in [3.63, 3.8) is 0 Å². The van der Waals surface area contributed by atoms with E-state index in [2.05, 4.69) is 16.8 Å². The summed E-state index contributed by atoms with van der Waals surface area (Å²) in [6.45, 7) is 5.79. The first-order chi connectivity index (χ1) is 6.59. The van der Waals surface area contributed by atoms with Gasteiger partial charge in [-0.15, -0.1) is 0 Å². The molecule has 0 aromatic carbocycles. The Morgan fingerprint density at radius 1 is 1.36 bits per heavy atom. The Bertz CT molecular complexity index is 360. The highest BCUT2D eigenvalue weighted by Crippen LogP contribution is 2.00. The molecule has 0 aliphatic carbocycles. The number of aryl methyl sites for hydroxylation is 1. The van der Waals surface area contributed by atoms with Crippen LogP contribution in [-0.2, 0) is 0 Å². The maximum atomic E-state index is 9.46. The van der Waals surface area contributed by atoms with Crippen LogP contribution in [0.1, 0.15) is 25.2 Å². The van der Waals surface area contributed by atoms with E-state index in [1.165, 1.54) is 0 Å². The lowest BCUT2D eigenvalue weighted by molar-refractivity contribution is 0.181. The number of aliphatic hydroxyl groups is 1. The number of nitrogens with zero attached hydrogens (tertiary/aromatic N) is 1. The molecule has 1 heterocycles. The van der Waals surface area contributed by atoms with Gasteiger partial charge in [-0.3, -0.25) is 0 Å². The molecular weight excluding hydrogens is 174 g/mol. The minimum atomic E-state index is -0.572. The van der Waals surface area contributed by atoms with Gasteiger partial charge in [-0.2, -0.15) is 0 Å². The summed E-state index contributed by atoms with van der Waals surface area (Å²) >= 11 is 0. The summed E-state index contributed by atoms with van der Waals surface area (Å²) in [6.07, 6.45) is -0.572. The Morgan fingerprint density at radius 3 is 2.64 bits per heavy atom. The molecule has 74 valence electrons. The topological polar surface area (TPSA) is 33.1 Å². The first-order valence-corrected chi connectivity index (χ1v) is 4.73. The van der Waals surface area contributed by atoms with E-state index in [0.717, 1.165) is 5.69 Å². The highest BCUT2D eigenvalue weighted by atomic mass is 16.3. The molecule has 0 spiro atoms. The van der Waals surface area contributed by atoms with E-state index >= 15 is 0 Å². The van der Waals surface area contributed by atoms with Crippen molar-refractivity contribution in [2.45, 2.75) is 26.9 Å². The second kappa shape index (κ2) is 4.78. The second-order valence-corrected chi connectivity index (χ2v) is 3.62. The van der Waals surface area contributed by atoms with Crippen molar-refractivity contribution in [2.24, 2.45) is 5.92 Å². The van der Waals surface area contributed by atoms with Crippen molar-refractivity contribution >= 4 is 0 Å². The fourth-order valence-electron chi connectivity index (χ4n) is 0.927. The van der Waals surface area contributed by atoms with Crippen molar-refractivity contribution in [1.82, 2.24) is 4.98 Å². The van der Waals surface area contributed by atoms with Crippen molar-refractivity contribution in [3.05, 3.63) is 29.6 Å². The zero-order valence-electron chi connectivity index (χ0n) is 8.78. The summed E-state index contributed by atoms with van der Waals surface area (Å²) in [7, 11) is 0. The third-order valence-electron chi connectivity index (χ3n) is 1.87. The van der Waals surface area contributed by atoms with E-state index in [9.17, 15) is 5.11 Å². The van der Waals surface area contributed by atoms with Crippen LogP contribution in [-0.4, -0.2) is 16.2 Å². The van der Waals surface area contributed by atoms with Gasteiger partial charge in [-0.1, -0.05) is 25.8 Å². The Balaban J connectivity index is 2.77. The van der Waals surface area contributed by atoms with Gasteiger partial charge < -0.3 is 5.11 Å². The van der Waals surface area contributed by atoms with Crippen LogP contribution in [0.3, 0.4) is 0 Å². The Labute approximate surface area is 85.0 Å². The predicted octanol–water partition coefficient (Wildman–Crippen LogP) is 1.76. The van der Waals surface area contributed by atoms with Gasteiger partial charge in [0.15, 0.2) is 0 Å². The molecule has 0 aliphatic rings. The molecule has 0 radical (unpaired) electrons. The molecule has 0 bridgehead atoms. The molecule has 0 aliphatic heterocycles. The number of aromatic nitrogens is 1. The first-order valence-electron chi connectivity index (χ1n) is 4.73. The van der Waals surface area contributed by atoms with Crippen LogP contribution >= 0.6 is 0 Å². The van der Waals surface area contributed by atoms with Crippen LogP contribution < -0.4 is 0 Å². The molecular formula is C12H15NO. The fourth-order valence-corrected chi connectivity index (χ4v) is 0.927. The van der Waals surface area contributed by atoms with Gasteiger partial charge >= 0.3 is 0 Å². The molecule has 1 rings (SSSR count). The fraction of sp³-hybridized carbons (Fsp3) is 0.417. The van der Waals surface area contributed by atoms with Gasteiger partial charge in [0.1, 0.15) is 11.8 Å². The molecule has 1 aromatic heterocycles. The molecule has 0 saturated carbocycles. The molecule has 1 aromatic rings. The van der Waals surface area contributed by atoms with Crippen LogP contribution in [0.2, 0.25) is 0 Å². The zero-order chi connectivity index (χ0) is 10.6. The van der Waals surface area contributed by atoms with Crippen molar-refractivity contribution in [3.8, 4) is 11.8 Å². The highest BCUT2D eigenvalue weighted by Gasteiger charge is 2.03. The van der Waals surface area contributed by atoms with Crippen molar-refractivity contribution in [2.75, 3.05) is 0 Å². The predicted molar refractivity (Wildman–Crippen MR) is 56.7 cm³/mol. The summed E-state index contributed by atoms with van der Waals surface area (Å²) in [5.74, 6) is 5.78. The maximum absolute atomic E-state index is 9.46. The molecule has 1 N–H and O–H groups in total. The molecule has 1 atom stereocenters. The van der Waals surface area contributed by atoms with Gasteiger partial charge in [0.2, 0.25) is 0 Å². The zero-order valence-corrected chi connectivity index (χ0v) is 8.78. The molecule has 14 heavy (non-hydrogen) atoms. The lowest BCUT2D eigenvalue weighted by Gasteiger charge is -2.05. The Morgan fingerprint density at radius 2 is 2.07 bits per heavy atom. The average molecular weight is 189 g/mol. The van der Waals surface area contributed by atoms with Gasteiger partial charge in [0.05, 0.1) is 0 Å². The monoisotopic (exact) mass is 189 g/mol. The molecule has 2 heteroatoms. The number of rotatable bonds is 1. The third kappa shape index (κ3) is 3.20. The second-order valence-electron chi connectivity index (χ2n) is 3.62. The van der Waals surface area contributed by atoms with Gasteiger partial charge in [-0.25, -0.2) is 4.98 Å². The quantitative estimate of drug-likeness (QED) is 0.683. The van der Waals surface area contributed by atoms with Crippen LogP contribution in [0.5, 0.6) is 0 Å². The van der Waals surface area contributed by atoms with Crippen LogP contribution in [0.25, 0.3) is 0 Å². The Kier molecular flexibility index (Phi) is 3.67. The van der Waals surface area contributed by atoms with Crippen LogP contribution in [0.4, 0.5) is 0 Å². The smallest absolute Gasteiger partial charge is 0.117 e. The first kappa shape index (κ1) is 10.7. The minimum Gasteiger partial charge on any atom is -0.380 e. The summed E-state index contributed by atoms with van der Waals surface area (Å²) in [4.78, 5) is 4.22. The van der Waals surface area contributed by atoms with E-state index in [0.29, 0.717) is 5.69 Å². The normalized spacial score (nSPS) is 12.1. The molecule has 1 unspecified atom stereocenters. The summed E-state index contributed by atoms with van der Waals surface area (Å²) < 4.78 is 0. The van der Waals surface area contributed by atoms with Gasteiger partial charge in [-0.05, 0) is 30.9 Å². The molecule has 0 fully saturated rings. The number of pyridine rings is 1. The summed E-state index contributed by atoms with van der Waals surface area (Å²) in [5.41, 5.74) is 1.65. The Hall–Kier alpha value is -1.33. The number of hydrogen-bond donors (Lipinski definition) is 1. The lowest BCUT2D eigenvalue weighted by atomic mass is 10.1. The van der Waals surface area contributed by atoms with E-state index in [4.69, 9.17) is 0 Å². The summed E-state index contributed by atoms with van der Waals surface area (Å²) in [5, 5.41) is 9.46. The maximum Gasteiger partial charge on any atom is 0.117 e. The minimum absolute atomic E-state index is 0.160. The van der Waals surface area contributed by atoms with Crippen LogP contribution in [0, 0.1) is 24.7 Å². The number of hydrogen-bond acceptors (Lipinski definition) is 2. The average Bonchev–Trinajstić information content (AvgIpc) is 2.14. The van der Waals surface area contributed by atoms with E-state index in [1.807, 2.05) is 39.0 Å². The molecule has 0 amide bonds. The van der Waals surface area contributed by atoms with Gasteiger partial charge in [0, 0.05) is 5.69 Å². The molecule has 2 nitrogen and oxygen atoms in total. The van der Waals surface area contributed by atoms with E-state index < -0.39 is 6.10 Å². The van der Waals surface area contributed by atoms with E-state index in [-0.39, 0.29) is 5.92 Å². The lowest BCUT2D eigenvalue weighted by Crippen LogP contribution is -2.11.